The van der Waals surface area contributed by atoms with Crippen molar-refractivity contribution in [3.63, 3.8) is 0 Å². The zero-order chi connectivity index (χ0) is 13.1. The number of nitrogens with zero attached hydrogens (tertiary/aromatic N) is 4. The average molecular weight is 413 g/mol. The molecule has 90 valence electrons. The van der Waals surface area contributed by atoms with Crippen molar-refractivity contribution in [1.82, 2.24) is 0 Å². The summed E-state index contributed by atoms with van der Waals surface area (Å²) in [5.41, 5.74) is 0.0187. The maximum absolute atomic E-state index is 9.00. The molecule has 0 aromatic carbocycles. The third kappa shape index (κ3) is 2.89. The van der Waals surface area contributed by atoms with Crippen LogP contribution in [0.4, 0.5) is 0 Å². The van der Waals surface area contributed by atoms with E-state index in [-0.39, 0.29) is 20.4 Å². The molecule has 17 heavy (non-hydrogen) atoms. The van der Waals surface area contributed by atoms with Gasteiger partial charge in [-0.1, -0.05) is 0 Å². The molecule has 0 saturated heterocycles. The van der Waals surface area contributed by atoms with Crippen molar-refractivity contribution in [3.05, 3.63) is 11.1 Å². The first-order chi connectivity index (χ1) is 8.04. The van der Waals surface area contributed by atoms with Gasteiger partial charge in [0.25, 0.3) is 0 Å². The summed E-state index contributed by atoms with van der Waals surface area (Å²) >= 11 is -2.30. The Labute approximate surface area is 126 Å². The van der Waals surface area contributed by atoms with Gasteiger partial charge in [0.05, 0.1) is 0 Å². The van der Waals surface area contributed by atoms with Crippen molar-refractivity contribution in [1.29, 1.82) is 10.5 Å². The Morgan fingerprint density at radius 2 is 1.29 bits per heavy atom. The van der Waals surface area contributed by atoms with E-state index in [1.807, 2.05) is 12.1 Å². The third-order valence-electron chi connectivity index (χ3n) is 1.62. The normalized spacial score (nSPS) is 24.8. The second-order valence-corrected chi connectivity index (χ2v) is 13.1. The minimum atomic E-state index is -3.49. The summed E-state index contributed by atoms with van der Waals surface area (Å²) in [6.07, 6.45) is 0. The summed E-state index contributed by atoms with van der Waals surface area (Å²) in [4.78, 5) is 0. The van der Waals surface area contributed by atoms with E-state index in [4.69, 9.17) is 52.1 Å². The Balaban J connectivity index is 3.55. The first kappa shape index (κ1) is 15.5. The number of nitriles is 2. The van der Waals surface area contributed by atoms with Gasteiger partial charge in [-0.2, -0.15) is 0 Å². The number of hydrogen-bond donors (Lipinski definition) is 0. The maximum atomic E-state index is 9.00. The van der Waals surface area contributed by atoms with Crippen LogP contribution in [0.25, 0.3) is 0 Å². The number of hydrogen-bond acceptors (Lipinski definition) is 6. The van der Waals surface area contributed by atoms with Crippen LogP contribution in [0.5, 0.6) is 0 Å². The Morgan fingerprint density at radius 3 is 1.53 bits per heavy atom. The van der Waals surface area contributed by atoms with Crippen LogP contribution in [0.2, 0.25) is 0 Å². The molecular weight excluding hydrogens is 413 g/mol. The van der Waals surface area contributed by atoms with E-state index in [1.54, 1.807) is 0 Å². The first-order valence-electron chi connectivity index (χ1n) is 3.54. The molecule has 0 fully saturated rings. The summed E-state index contributed by atoms with van der Waals surface area (Å²) in [6.45, 7) is 0. The van der Waals surface area contributed by atoms with E-state index in [0.717, 1.165) is 0 Å². The van der Waals surface area contributed by atoms with Crippen LogP contribution in [-0.4, -0.2) is 20.2 Å². The molecule has 0 N–H and O–H groups in total. The van der Waals surface area contributed by atoms with Crippen LogP contribution in [0.3, 0.4) is 0 Å². The van der Waals surface area contributed by atoms with Crippen molar-refractivity contribution in [2.24, 2.45) is 8.80 Å². The van der Waals surface area contributed by atoms with E-state index in [9.17, 15) is 0 Å². The summed E-state index contributed by atoms with van der Waals surface area (Å²) < 4.78 is 7.86. The standard InChI is InChI=1S/C6Cl4N4S2Se/c7-15-13-5-3(1-11)4(2-12)6(14-16-8)17(5,9)10/b13-5-,14-6+. The van der Waals surface area contributed by atoms with Crippen molar-refractivity contribution in [2.45, 2.75) is 0 Å². The zero-order valence-corrected chi connectivity index (χ0v) is 13.9. The molecule has 0 aromatic heterocycles. The predicted molar refractivity (Wildman–Crippen MR) is 77.5 cm³/mol. The van der Waals surface area contributed by atoms with Crippen LogP contribution in [0, 0.1) is 22.7 Å². The molecule has 0 bridgehead atoms. The van der Waals surface area contributed by atoms with Gasteiger partial charge in [0.15, 0.2) is 0 Å². The van der Waals surface area contributed by atoms with Crippen LogP contribution >= 0.6 is 63.9 Å². The van der Waals surface area contributed by atoms with Crippen LogP contribution in [0.15, 0.2) is 19.9 Å². The number of allylic oxidation sites excluding steroid dienone is 2. The molecule has 0 saturated carbocycles. The van der Waals surface area contributed by atoms with Gasteiger partial charge in [-0.05, 0) is 0 Å². The van der Waals surface area contributed by atoms with Crippen molar-refractivity contribution < 1.29 is 0 Å². The van der Waals surface area contributed by atoms with E-state index in [1.165, 1.54) is 0 Å². The predicted octanol–water partition coefficient (Wildman–Crippen LogP) is 3.83. The Morgan fingerprint density at radius 1 is 0.941 bits per heavy atom. The summed E-state index contributed by atoms with van der Waals surface area (Å²) in [5, 5.41) is 18.0. The molecular formula is C6Cl4N4S2Se. The van der Waals surface area contributed by atoms with Crippen LogP contribution < -0.4 is 0 Å². The topological polar surface area (TPSA) is 72.3 Å². The Hall–Kier alpha value is 0.439. The molecule has 1 aliphatic heterocycles. The van der Waals surface area contributed by atoms with Crippen LogP contribution in [-0.2, 0) is 0 Å². The third-order valence-corrected chi connectivity index (χ3v) is 9.38. The molecule has 0 aromatic rings. The van der Waals surface area contributed by atoms with E-state index in [2.05, 4.69) is 8.80 Å². The molecule has 11 heteroatoms. The molecule has 0 unspecified atom stereocenters. The van der Waals surface area contributed by atoms with Crippen molar-refractivity contribution in [3.8, 4) is 12.1 Å². The molecule has 1 rings (SSSR count). The van der Waals surface area contributed by atoms with Gasteiger partial charge < -0.3 is 0 Å². The van der Waals surface area contributed by atoms with E-state index >= 15 is 0 Å². The van der Waals surface area contributed by atoms with Gasteiger partial charge in [0.1, 0.15) is 0 Å². The van der Waals surface area contributed by atoms with Gasteiger partial charge in [0, 0.05) is 0 Å². The van der Waals surface area contributed by atoms with Crippen molar-refractivity contribution in [2.75, 3.05) is 0 Å². The molecule has 1 aliphatic rings. The fourth-order valence-electron chi connectivity index (χ4n) is 1.02. The number of halogens is 4. The van der Waals surface area contributed by atoms with E-state index in [0.29, 0.717) is 22.3 Å². The molecule has 0 radical (unpaired) electrons. The molecule has 0 aliphatic carbocycles. The Bertz CT molecular complexity index is 471. The summed E-state index contributed by atoms with van der Waals surface area (Å²) in [5.74, 6) is 0. The van der Waals surface area contributed by atoms with Gasteiger partial charge in [0.2, 0.25) is 0 Å². The Kier molecular flexibility index (Phi) is 5.98. The summed E-state index contributed by atoms with van der Waals surface area (Å²) in [6, 6.07) is 3.67. The fourth-order valence-corrected chi connectivity index (χ4v) is 9.57. The molecule has 4 nitrogen and oxygen atoms in total. The van der Waals surface area contributed by atoms with Crippen LogP contribution in [0.1, 0.15) is 0 Å². The zero-order valence-electron chi connectivity index (χ0n) is 7.53. The monoisotopic (exact) mass is 412 g/mol. The van der Waals surface area contributed by atoms with Crippen molar-refractivity contribution >= 4 is 84.1 Å². The molecule has 0 amide bonds. The van der Waals surface area contributed by atoms with Gasteiger partial charge in [-0.3, -0.25) is 0 Å². The molecule has 0 atom stereocenters. The second-order valence-electron chi connectivity index (χ2n) is 2.37. The fraction of sp³-hybridized carbons (Fsp3) is 0. The summed E-state index contributed by atoms with van der Waals surface area (Å²) in [7, 11) is 23.1. The molecule has 0 spiro atoms. The van der Waals surface area contributed by atoms with Gasteiger partial charge >= 0.3 is 127 Å². The average Bonchev–Trinajstić information content (AvgIpc) is 2.50. The second kappa shape index (κ2) is 6.56. The van der Waals surface area contributed by atoms with Gasteiger partial charge in [-0.15, -0.1) is 0 Å². The van der Waals surface area contributed by atoms with E-state index < -0.39 is 11.0 Å². The minimum absolute atomic E-state index is 0.00937. The SMILES string of the molecule is N#CC1=C(C#N)C(=N\SCl)/[Se](Cl)(Cl)/C1=N\SCl. The quantitative estimate of drug-likeness (QED) is 0.510. The van der Waals surface area contributed by atoms with Gasteiger partial charge in [-0.25, -0.2) is 0 Å². The number of rotatable bonds is 2. The first-order valence-corrected chi connectivity index (χ1v) is 12.9. The molecule has 1 heterocycles.